The lowest BCUT2D eigenvalue weighted by Gasteiger charge is -2.00. The molecule has 0 aliphatic rings. The van der Waals surface area contributed by atoms with Gasteiger partial charge in [0.2, 0.25) is 10.0 Å². The highest BCUT2D eigenvalue weighted by Gasteiger charge is 2.04. The molecular formula is C4H11BrN2O2S. The highest BCUT2D eigenvalue weighted by atomic mass is 79.9. The molecule has 0 amide bonds. The van der Waals surface area contributed by atoms with Crippen molar-refractivity contribution in [2.24, 2.45) is 5.73 Å². The Hall–Kier alpha value is 0.350. The van der Waals surface area contributed by atoms with Crippen LogP contribution in [0.2, 0.25) is 0 Å². The number of halogens is 1. The second kappa shape index (κ2) is 5.06. The maximum atomic E-state index is 10.7. The van der Waals surface area contributed by atoms with Crippen molar-refractivity contribution in [2.45, 2.75) is 6.42 Å². The molecule has 0 fully saturated rings. The molecule has 0 atom stereocenters. The first-order chi connectivity index (χ1) is 4.62. The van der Waals surface area contributed by atoms with Crippen molar-refractivity contribution in [3.05, 3.63) is 0 Å². The summed E-state index contributed by atoms with van der Waals surface area (Å²) in [6, 6.07) is 0. The third kappa shape index (κ3) is 5.16. The molecule has 0 spiro atoms. The van der Waals surface area contributed by atoms with Crippen molar-refractivity contribution >= 4 is 26.0 Å². The molecule has 0 heterocycles. The van der Waals surface area contributed by atoms with Gasteiger partial charge in [0.05, 0.1) is 0 Å². The fourth-order valence-electron chi connectivity index (χ4n) is 0.368. The average Bonchev–Trinajstić information content (AvgIpc) is 1.89. The zero-order chi connectivity index (χ0) is 8.04. The van der Waals surface area contributed by atoms with E-state index in [2.05, 4.69) is 20.7 Å². The van der Waals surface area contributed by atoms with E-state index < -0.39 is 10.0 Å². The van der Waals surface area contributed by atoms with Crippen molar-refractivity contribution in [3.8, 4) is 0 Å². The zero-order valence-corrected chi connectivity index (χ0v) is 7.91. The topological polar surface area (TPSA) is 72.2 Å². The van der Waals surface area contributed by atoms with Gasteiger partial charge in [-0.25, -0.2) is 13.1 Å². The lowest BCUT2D eigenvalue weighted by Crippen LogP contribution is -2.26. The van der Waals surface area contributed by atoms with Gasteiger partial charge >= 0.3 is 0 Å². The minimum atomic E-state index is -3.08. The van der Waals surface area contributed by atoms with Gasteiger partial charge in [0.1, 0.15) is 4.66 Å². The maximum absolute atomic E-state index is 10.7. The highest BCUT2D eigenvalue weighted by Crippen LogP contribution is 1.89. The lowest BCUT2D eigenvalue weighted by atomic mass is 10.4. The molecule has 6 heteroatoms. The molecular weight excluding hydrogens is 220 g/mol. The molecule has 0 aliphatic carbocycles. The fourth-order valence-corrected chi connectivity index (χ4v) is 1.39. The second-order valence-electron chi connectivity index (χ2n) is 1.76. The van der Waals surface area contributed by atoms with Gasteiger partial charge in [-0.15, -0.1) is 0 Å². The Kier molecular flexibility index (Phi) is 5.24. The Bertz CT molecular complexity index is 168. The molecule has 0 aromatic carbocycles. The quantitative estimate of drug-likeness (QED) is 0.499. The molecule has 0 unspecified atom stereocenters. The van der Waals surface area contributed by atoms with Crippen LogP contribution in [0.1, 0.15) is 6.42 Å². The van der Waals surface area contributed by atoms with Gasteiger partial charge in [0.25, 0.3) is 0 Å². The van der Waals surface area contributed by atoms with Gasteiger partial charge in [-0.05, 0) is 13.0 Å². The summed E-state index contributed by atoms with van der Waals surface area (Å²) in [6.07, 6.45) is 0.673. The summed E-state index contributed by atoms with van der Waals surface area (Å²) in [5.74, 6) is 0. The van der Waals surface area contributed by atoms with E-state index in [0.717, 1.165) is 0 Å². The first-order valence-corrected chi connectivity index (χ1v) is 5.63. The van der Waals surface area contributed by atoms with Crippen molar-refractivity contribution in [1.29, 1.82) is 0 Å². The van der Waals surface area contributed by atoms with Gasteiger partial charge in [-0.1, -0.05) is 15.9 Å². The molecule has 0 bridgehead atoms. The maximum Gasteiger partial charge on any atom is 0.221 e. The number of nitrogens with one attached hydrogen (secondary N) is 1. The summed E-state index contributed by atoms with van der Waals surface area (Å²) < 4.78 is 23.7. The molecule has 0 saturated carbocycles. The van der Waals surface area contributed by atoms with E-state index in [9.17, 15) is 8.42 Å². The number of sulfonamides is 1. The summed E-state index contributed by atoms with van der Waals surface area (Å²) in [7, 11) is -3.08. The molecule has 0 aromatic heterocycles. The predicted octanol–water partition coefficient (Wildman–Crippen LogP) is -0.393. The number of hydrogen-bond donors (Lipinski definition) is 2. The van der Waals surface area contributed by atoms with Crippen molar-refractivity contribution in [3.63, 3.8) is 0 Å². The van der Waals surface area contributed by atoms with Crippen molar-refractivity contribution in [1.82, 2.24) is 4.72 Å². The number of nitrogens with two attached hydrogens (primary N) is 1. The summed E-state index contributed by atoms with van der Waals surface area (Å²) in [5.41, 5.74) is 5.15. The van der Waals surface area contributed by atoms with E-state index in [1.165, 1.54) is 0 Å². The summed E-state index contributed by atoms with van der Waals surface area (Å²) in [5, 5.41) is 0. The summed E-state index contributed by atoms with van der Waals surface area (Å²) >= 11 is 2.84. The van der Waals surface area contributed by atoms with E-state index in [-0.39, 0.29) is 4.66 Å². The zero-order valence-electron chi connectivity index (χ0n) is 5.51. The van der Waals surface area contributed by atoms with Crippen LogP contribution in [0.5, 0.6) is 0 Å². The van der Waals surface area contributed by atoms with E-state index in [1.807, 2.05) is 0 Å². The third-order valence-corrected chi connectivity index (χ3v) is 3.59. The summed E-state index contributed by atoms with van der Waals surface area (Å²) in [4.78, 5) is 0. The minimum absolute atomic E-state index is 0.0510. The van der Waals surface area contributed by atoms with Crippen LogP contribution in [-0.2, 0) is 10.0 Å². The van der Waals surface area contributed by atoms with Gasteiger partial charge in [0, 0.05) is 6.54 Å². The van der Waals surface area contributed by atoms with Crippen LogP contribution in [0.4, 0.5) is 0 Å². The SMILES string of the molecule is NCCCNS(=O)(=O)CBr. The molecule has 62 valence electrons. The molecule has 0 aliphatic heterocycles. The van der Waals surface area contributed by atoms with E-state index in [0.29, 0.717) is 19.5 Å². The highest BCUT2D eigenvalue weighted by molar-refractivity contribution is 9.10. The summed E-state index contributed by atoms with van der Waals surface area (Å²) in [6.45, 7) is 0.926. The number of alkyl halides is 1. The lowest BCUT2D eigenvalue weighted by molar-refractivity contribution is 0.585. The Morgan fingerprint density at radius 3 is 2.50 bits per heavy atom. The molecule has 0 aromatic rings. The van der Waals surface area contributed by atoms with Gasteiger partial charge in [0.15, 0.2) is 0 Å². The van der Waals surface area contributed by atoms with Crippen LogP contribution in [0.15, 0.2) is 0 Å². The molecule has 0 saturated heterocycles. The standard InChI is InChI=1S/C4H11BrN2O2S/c5-4-10(8,9)7-3-1-2-6/h7H,1-4,6H2. The minimum Gasteiger partial charge on any atom is -0.330 e. The monoisotopic (exact) mass is 230 g/mol. The Balaban J connectivity index is 3.49. The third-order valence-electron chi connectivity index (χ3n) is 0.847. The Labute approximate surface area is 69.4 Å². The van der Waals surface area contributed by atoms with Crippen LogP contribution in [0, 0.1) is 0 Å². The van der Waals surface area contributed by atoms with Crippen LogP contribution in [0.25, 0.3) is 0 Å². The van der Waals surface area contributed by atoms with Crippen molar-refractivity contribution < 1.29 is 8.42 Å². The van der Waals surface area contributed by atoms with Gasteiger partial charge in [-0.3, -0.25) is 0 Å². The Morgan fingerprint density at radius 1 is 1.50 bits per heavy atom. The first kappa shape index (κ1) is 10.3. The molecule has 3 N–H and O–H groups in total. The normalized spacial score (nSPS) is 11.8. The van der Waals surface area contributed by atoms with Gasteiger partial charge < -0.3 is 5.73 Å². The van der Waals surface area contributed by atoms with Crippen LogP contribution in [0.3, 0.4) is 0 Å². The predicted molar refractivity (Wildman–Crippen MR) is 44.4 cm³/mol. The average molecular weight is 231 g/mol. The largest absolute Gasteiger partial charge is 0.330 e. The van der Waals surface area contributed by atoms with E-state index in [4.69, 9.17) is 5.73 Å². The van der Waals surface area contributed by atoms with Crippen LogP contribution in [-0.4, -0.2) is 26.2 Å². The number of hydrogen-bond acceptors (Lipinski definition) is 3. The molecule has 4 nitrogen and oxygen atoms in total. The molecule has 0 rings (SSSR count). The molecule has 10 heavy (non-hydrogen) atoms. The first-order valence-electron chi connectivity index (χ1n) is 2.86. The van der Waals surface area contributed by atoms with Gasteiger partial charge in [-0.2, -0.15) is 0 Å². The van der Waals surface area contributed by atoms with Crippen LogP contribution < -0.4 is 10.5 Å². The van der Waals surface area contributed by atoms with Crippen molar-refractivity contribution in [2.75, 3.05) is 17.8 Å². The molecule has 0 radical (unpaired) electrons. The van der Waals surface area contributed by atoms with Crippen LogP contribution >= 0.6 is 15.9 Å². The fraction of sp³-hybridized carbons (Fsp3) is 1.00. The second-order valence-corrected chi connectivity index (χ2v) is 4.87. The smallest absolute Gasteiger partial charge is 0.221 e. The van der Waals surface area contributed by atoms with E-state index in [1.54, 1.807) is 0 Å². The van der Waals surface area contributed by atoms with E-state index >= 15 is 0 Å². The Morgan fingerprint density at radius 2 is 2.10 bits per heavy atom. The number of rotatable bonds is 5.